The fourth-order valence-electron chi connectivity index (χ4n) is 3.37. The van der Waals surface area contributed by atoms with Gasteiger partial charge in [0.25, 0.3) is 0 Å². The maximum Gasteiger partial charge on any atom is 0.306 e. The Labute approximate surface area is 155 Å². The van der Waals surface area contributed by atoms with E-state index in [-0.39, 0.29) is 16.9 Å². The van der Waals surface area contributed by atoms with Gasteiger partial charge in [-0.05, 0) is 18.4 Å². The van der Waals surface area contributed by atoms with Crippen molar-refractivity contribution in [3.8, 4) is 0 Å². The third-order valence-corrected chi connectivity index (χ3v) is 5.76. The van der Waals surface area contributed by atoms with E-state index in [0.717, 1.165) is 24.8 Å². The lowest BCUT2D eigenvalue weighted by atomic mass is 10.0. The standard InChI is InChI=1S/C21H31BrO2/c22-19-16-12-7-5-3-1-2-4-6-8-13-17-20(23)24-21(19)18-14-10-9-11-15-18/h9-11,14-15,19,21H,1-8,12-13,16-17H2/t19-,21-/m0/s1. The molecular weight excluding hydrogens is 364 g/mol. The number of carbonyl (C=O) groups excluding carboxylic acids is 1. The SMILES string of the molecule is O=C1CCCCCCCCCCCC[C@H](Br)[C@H](c2ccccc2)O1. The van der Waals surface area contributed by atoms with Gasteiger partial charge in [-0.1, -0.05) is 104 Å². The summed E-state index contributed by atoms with van der Waals surface area (Å²) in [7, 11) is 0. The molecule has 134 valence electrons. The first-order valence-electron chi connectivity index (χ1n) is 9.66. The summed E-state index contributed by atoms with van der Waals surface area (Å²) in [6.45, 7) is 0. The Morgan fingerprint density at radius 3 is 1.96 bits per heavy atom. The van der Waals surface area contributed by atoms with Gasteiger partial charge in [-0.15, -0.1) is 0 Å². The van der Waals surface area contributed by atoms with Gasteiger partial charge < -0.3 is 4.74 Å². The van der Waals surface area contributed by atoms with E-state index in [1.807, 2.05) is 18.2 Å². The quantitative estimate of drug-likeness (QED) is 0.389. The summed E-state index contributed by atoms with van der Waals surface area (Å²) < 4.78 is 5.86. The fourth-order valence-corrected chi connectivity index (χ4v) is 4.11. The second-order valence-electron chi connectivity index (χ2n) is 6.91. The lowest BCUT2D eigenvalue weighted by molar-refractivity contribution is -0.149. The summed E-state index contributed by atoms with van der Waals surface area (Å²) in [6, 6.07) is 10.2. The molecule has 0 unspecified atom stereocenters. The molecule has 24 heavy (non-hydrogen) atoms. The zero-order valence-corrected chi connectivity index (χ0v) is 16.3. The Hall–Kier alpha value is -0.830. The molecule has 0 aliphatic carbocycles. The largest absolute Gasteiger partial charge is 0.456 e. The number of carbonyl (C=O) groups is 1. The third kappa shape index (κ3) is 7.38. The molecule has 0 radical (unpaired) electrons. The van der Waals surface area contributed by atoms with E-state index >= 15 is 0 Å². The highest BCUT2D eigenvalue weighted by molar-refractivity contribution is 9.09. The van der Waals surface area contributed by atoms with Gasteiger partial charge in [0.05, 0.1) is 4.83 Å². The number of rotatable bonds is 1. The average Bonchev–Trinajstić information content (AvgIpc) is 2.60. The van der Waals surface area contributed by atoms with Crippen molar-refractivity contribution >= 4 is 21.9 Å². The molecule has 1 heterocycles. The highest BCUT2D eigenvalue weighted by Crippen LogP contribution is 2.31. The van der Waals surface area contributed by atoms with Crippen LogP contribution in [0.25, 0.3) is 0 Å². The average molecular weight is 395 g/mol. The molecule has 2 atom stereocenters. The molecule has 0 aromatic heterocycles. The Kier molecular flexibility index (Phi) is 9.48. The first kappa shape index (κ1) is 19.5. The summed E-state index contributed by atoms with van der Waals surface area (Å²) >= 11 is 3.79. The molecule has 1 aromatic carbocycles. The van der Waals surface area contributed by atoms with Crippen LogP contribution in [-0.4, -0.2) is 10.8 Å². The lowest BCUT2D eigenvalue weighted by Crippen LogP contribution is -2.20. The van der Waals surface area contributed by atoms with E-state index in [2.05, 4.69) is 28.1 Å². The molecule has 0 saturated carbocycles. The van der Waals surface area contributed by atoms with Gasteiger partial charge in [0.15, 0.2) is 0 Å². The predicted octanol–water partition coefficient (Wildman–Crippen LogP) is 6.73. The van der Waals surface area contributed by atoms with E-state index in [4.69, 9.17) is 4.74 Å². The number of cyclic esters (lactones) is 1. The van der Waals surface area contributed by atoms with Crippen LogP contribution in [0.3, 0.4) is 0 Å². The van der Waals surface area contributed by atoms with Crippen LogP contribution in [0.5, 0.6) is 0 Å². The highest BCUT2D eigenvalue weighted by Gasteiger charge is 2.24. The number of benzene rings is 1. The van der Waals surface area contributed by atoms with Crippen LogP contribution in [-0.2, 0) is 9.53 Å². The number of esters is 1. The minimum absolute atomic E-state index is 0.0552. The van der Waals surface area contributed by atoms with Crippen LogP contribution in [0.1, 0.15) is 88.7 Å². The van der Waals surface area contributed by atoms with E-state index in [1.165, 1.54) is 51.4 Å². The topological polar surface area (TPSA) is 26.3 Å². The van der Waals surface area contributed by atoms with Crippen LogP contribution < -0.4 is 0 Å². The van der Waals surface area contributed by atoms with Crippen molar-refractivity contribution in [3.63, 3.8) is 0 Å². The summed E-state index contributed by atoms with van der Waals surface area (Å²) in [6.07, 6.45) is 13.9. The Morgan fingerprint density at radius 1 is 0.792 bits per heavy atom. The van der Waals surface area contributed by atoms with Crippen molar-refractivity contribution in [3.05, 3.63) is 35.9 Å². The van der Waals surface area contributed by atoms with Crippen molar-refractivity contribution in [2.45, 2.75) is 88.0 Å². The summed E-state index contributed by atoms with van der Waals surface area (Å²) in [5.74, 6) is -0.0552. The van der Waals surface area contributed by atoms with E-state index in [1.54, 1.807) is 0 Å². The van der Waals surface area contributed by atoms with E-state index in [9.17, 15) is 4.79 Å². The zero-order valence-electron chi connectivity index (χ0n) is 14.7. The number of hydrogen-bond donors (Lipinski definition) is 0. The first-order valence-corrected chi connectivity index (χ1v) is 10.6. The number of halogens is 1. The molecule has 0 spiro atoms. The number of hydrogen-bond acceptors (Lipinski definition) is 2. The van der Waals surface area contributed by atoms with Crippen LogP contribution in [0.2, 0.25) is 0 Å². The van der Waals surface area contributed by atoms with Crippen LogP contribution in [0, 0.1) is 0 Å². The molecule has 1 fully saturated rings. The lowest BCUT2D eigenvalue weighted by Gasteiger charge is -2.23. The molecule has 0 amide bonds. The first-order chi connectivity index (χ1) is 11.8. The van der Waals surface area contributed by atoms with Crippen molar-refractivity contribution in [2.75, 3.05) is 0 Å². The molecule has 1 aliphatic heterocycles. The van der Waals surface area contributed by atoms with Gasteiger partial charge in [-0.25, -0.2) is 0 Å². The molecule has 3 heteroatoms. The minimum atomic E-state index is -0.174. The van der Waals surface area contributed by atoms with Gasteiger partial charge >= 0.3 is 5.97 Å². The van der Waals surface area contributed by atoms with Gasteiger partial charge in [-0.2, -0.15) is 0 Å². The number of ether oxygens (including phenoxy) is 1. The molecule has 1 aromatic rings. The minimum Gasteiger partial charge on any atom is -0.456 e. The summed E-state index contributed by atoms with van der Waals surface area (Å²) in [5, 5.41) is 0. The monoisotopic (exact) mass is 394 g/mol. The summed E-state index contributed by atoms with van der Waals surface area (Å²) in [5.41, 5.74) is 1.09. The maximum atomic E-state index is 12.3. The number of alkyl halides is 1. The normalized spacial score (nSPS) is 25.8. The van der Waals surface area contributed by atoms with E-state index < -0.39 is 0 Å². The molecule has 2 nitrogen and oxygen atoms in total. The van der Waals surface area contributed by atoms with Gasteiger partial charge in [-0.3, -0.25) is 4.79 Å². The highest BCUT2D eigenvalue weighted by atomic mass is 79.9. The molecular formula is C21H31BrO2. The Morgan fingerprint density at radius 2 is 1.33 bits per heavy atom. The predicted molar refractivity (Wildman–Crippen MR) is 103 cm³/mol. The van der Waals surface area contributed by atoms with Gasteiger partial charge in [0.1, 0.15) is 6.10 Å². The molecule has 0 bridgehead atoms. The van der Waals surface area contributed by atoms with Crippen molar-refractivity contribution in [1.29, 1.82) is 0 Å². The van der Waals surface area contributed by atoms with Crippen molar-refractivity contribution in [1.82, 2.24) is 0 Å². The molecule has 0 N–H and O–H groups in total. The molecule has 1 aliphatic rings. The summed E-state index contributed by atoms with van der Waals surface area (Å²) in [4.78, 5) is 12.5. The fraction of sp³-hybridized carbons (Fsp3) is 0.667. The Bertz CT molecular complexity index is 460. The van der Waals surface area contributed by atoms with Crippen molar-refractivity contribution in [2.24, 2.45) is 0 Å². The van der Waals surface area contributed by atoms with Crippen LogP contribution in [0.4, 0.5) is 0 Å². The van der Waals surface area contributed by atoms with Crippen molar-refractivity contribution < 1.29 is 9.53 Å². The molecule has 2 rings (SSSR count). The maximum absolute atomic E-state index is 12.3. The third-order valence-electron chi connectivity index (χ3n) is 4.83. The van der Waals surface area contributed by atoms with E-state index in [0.29, 0.717) is 6.42 Å². The van der Waals surface area contributed by atoms with Crippen LogP contribution >= 0.6 is 15.9 Å². The van der Waals surface area contributed by atoms with Crippen LogP contribution in [0.15, 0.2) is 30.3 Å². The molecule has 1 saturated heterocycles. The Balaban J connectivity index is 1.98. The van der Waals surface area contributed by atoms with Gasteiger partial charge in [0.2, 0.25) is 0 Å². The smallest absolute Gasteiger partial charge is 0.306 e. The second-order valence-corrected chi connectivity index (χ2v) is 8.09. The van der Waals surface area contributed by atoms with Gasteiger partial charge in [0, 0.05) is 6.42 Å². The zero-order chi connectivity index (χ0) is 17.0. The second kappa shape index (κ2) is 11.7.